The summed E-state index contributed by atoms with van der Waals surface area (Å²) in [5.74, 6) is -0.321. The molecule has 0 saturated heterocycles. The van der Waals surface area contributed by atoms with Gasteiger partial charge in [0.05, 0.1) is 17.8 Å². The van der Waals surface area contributed by atoms with E-state index in [9.17, 15) is 13.2 Å². The zero-order valence-corrected chi connectivity index (χ0v) is 11.6. The van der Waals surface area contributed by atoms with Crippen molar-refractivity contribution in [3.63, 3.8) is 0 Å². The molecule has 0 radical (unpaired) electrons. The molecule has 1 aromatic carbocycles. The van der Waals surface area contributed by atoms with Gasteiger partial charge in [0.25, 0.3) is 0 Å². The topological polar surface area (TPSA) is 22.1 Å². The van der Waals surface area contributed by atoms with E-state index in [-0.39, 0.29) is 27.1 Å². The van der Waals surface area contributed by atoms with Crippen LogP contribution in [-0.4, -0.2) is 12.1 Å². The number of hydrogen-bond acceptors (Lipinski definition) is 2. The lowest BCUT2D eigenvalue weighted by molar-refractivity contribution is -0.138. The molecule has 2 rings (SSSR count). The number of alkyl halides is 3. The molecular weight excluding hydrogens is 314 g/mol. The average Bonchev–Trinajstić information content (AvgIpc) is 2.39. The summed E-state index contributed by atoms with van der Waals surface area (Å²) in [5.41, 5.74) is -1.19. The maximum atomic E-state index is 13.2. The van der Waals surface area contributed by atoms with Crippen molar-refractivity contribution in [3.8, 4) is 17.0 Å². The van der Waals surface area contributed by atoms with Gasteiger partial charge in [0.2, 0.25) is 0 Å². The number of halogens is 5. The van der Waals surface area contributed by atoms with E-state index in [1.807, 2.05) is 0 Å². The van der Waals surface area contributed by atoms with Crippen molar-refractivity contribution < 1.29 is 17.9 Å². The Kier molecular flexibility index (Phi) is 4.11. The summed E-state index contributed by atoms with van der Waals surface area (Å²) in [6.07, 6.45) is -3.40. The average molecular weight is 322 g/mol. The summed E-state index contributed by atoms with van der Waals surface area (Å²) in [4.78, 5) is 3.78. The van der Waals surface area contributed by atoms with Gasteiger partial charge in [-0.1, -0.05) is 23.2 Å². The minimum Gasteiger partial charge on any atom is -0.496 e. The van der Waals surface area contributed by atoms with Crippen LogP contribution in [0.25, 0.3) is 11.3 Å². The van der Waals surface area contributed by atoms with Gasteiger partial charge in [-0.15, -0.1) is 0 Å². The van der Waals surface area contributed by atoms with Crippen LogP contribution in [0.15, 0.2) is 30.5 Å². The third kappa shape index (κ3) is 2.83. The fraction of sp³-hybridized carbons (Fsp3) is 0.154. The number of aromatic nitrogens is 1. The van der Waals surface area contributed by atoms with Crippen molar-refractivity contribution in [3.05, 3.63) is 46.1 Å². The molecule has 20 heavy (non-hydrogen) atoms. The van der Waals surface area contributed by atoms with Crippen LogP contribution in [0.5, 0.6) is 5.75 Å². The predicted octanol–water partition coefficient (Wildman–Crippen LogP) is 5.08. The summed E-state index contributed by atoms with van der Waals surface area (Å²) < 4.78 is 44.4. The molecule has 1 aromatic heterocycles. The molecule has 0 aliphatic heterocycles. The first-order valence-electron chi connectivity index (χ1n) is 5.40. The van der Waals surface area contributed by atoms with Gasteiger partial charge in [-0.2, -0.15) is 13.2 Å². The number of benzene rings is 1. The van der Waals surface area contributed by atoms with Crippen LogP contribution in [0, 0.1) is 0 Å². The number of ether oxygens (including phenoxy) is 1. The molecule has 0 N–H and O–H groups in total. The van der Waals surface area contributed by atoms with Crippen LogP contribution in [0.4, 0.5) is 13.2 Å². The number of nitrogens with zero attached hydrogens (tertiary/aromatic N) is 1. The van der Waals surface area contributed by atoms with Crippen molar-refractivity contribution in [2.75, 3.05) is 7.11 Å². The van der Waals surface area contributed by atoms with Crippen LogP contribution in [0.3, 0.4) is 0 Å². The second-order valence-electron chi connectivity index (χ2n) is 3.86. The molecule has 0 aliphatic rings. The normalized spacial score (nSPS) is 11.5. The Balaban J connectivity index is 2.77. The van der Waals surface area contributed by atoms with Gasteiger partial charge < -0.3 is 4.74 Å². The third-order valence-corrected chi connectivity index (χ3v) is 3.16. The summed E-state index contributed by atoms with van der Waals surface area (Å²) in [5, 5.41) is 0.391. The Morgan fingerprint density at radius 2 is 1.85 bits per heavy atom. The van der Waals surface area contributed by atoms with Gasteiger partial charge in [0.1, 0.15) is 11.3 Å². The maximum absolute atomic E-state index is 13.2. The van der Waals surface area contributed by atoms with E-state index in [1.54, 1.807) is 0 Å². The van der Waals surface area contributed by atoms with Crippen LogP contribution in [0.1, 0.15) is 5.56 Å². The minimum atomic E-state index is -4.62. The lowest BCUT2D eigenvalue weighted by Crippen LogP contribution is -2.11. The first-order chi connectivity index (χ1) is 9.34. The largest absolute Gasteiger partial charge is 0.496 e. The molecule has 106 valence electrons. The highest BCUT2D eigenvalue weighted by Crippen LogP contribution is 2.43. The van der Waals surface area contributed by atoms with Gasteiger partial charge in [-0.3, -0.25) is 4.98 Å². The van der Waals surface area contributed by atoms with E-state index in [0.717, 1.165) is 13.2 Å². The molecule has 0 spiro atoms. The Morgan fingerprint density at radius 3 is 2.45 bits per heavy atom. The van der Waals surface area contributed by atoms with Crippen LogP contribution in [0.2, 0.25) is 10.0 Å². The van der Waals surface area contributed by atoms with Crippen molar-refractivity contribution in [2.45, 2.75) is 6.18 Å². The van der Waals surface area contributed by atoms with Crippen molar-refractivity contribution in [1.82, 2.24) is 4.98 Å². The predicted molar refractivity (Wildman–Crippen MR) is 71.2 cm³/mol. The summed E-state index contributed by atoms with van der Waals surface area (Å²) in [7, 11) is 1.16. The smallest absolute Gasteiger partial charge is 0.422 e. The monoisotopic (exact) mass is 321 g/mol. The second kappa shape index (κ2) is 5.50. The van der Waals surface area contributed by atoms with E-state index in [2.05, 4.69) is 4.98 Å². The molecule has 7 heteroatoms. The van der Waals surface area contributed by atoms with E-state index < -0.39 is 11.7 Å². The Labute approximate surface area is 123 Å². The first kappa shape index (κ1) is 14.9. The lowest BCUT2D eigenvalue weighted by atomic mass is 10.0. The number of pyridine rings is 1. The van der Waals surface area contributed by atoms with E-state index in [0.29, 0.717) is 0 Å². The number of methoxy groups -OCH3 is 1. The van der Waals surface area contributed by atoms with Crippen molar-refractivity contribution in [2.24, 2.45) is 0 Å². The van der Waals surface area contributed by atoms with Crippen molar-refractivity contribution >= 4 is 23.2 Å². The third-order valence-electron chi connectivity index (χ3n) is 2.60. The molecule has 0 saturated carbocycles. The molecule has 0 amide bonds. The standard InChI is InChI=1S/C13H8Cl2F3NO/c1-20-10-4-5-19-12(11(10)13(16,17)18)8-6-7(14)2-3-9(8)15/h2-6H,1H3. The van der Waals surface area contributed by atoms with E-state index in [1.165, 1.54) is 24.4 Å². The zero-order chi connectivity index (χ0) is 14.9. The lowest BCUT2D eigenvalue weighted by Gasteiger charge is -2.16. The molecule has 1 heterocycles. The Morgan fingerprint density at radius 1 is 1.15 bits per heavy atom. The fourth-order valence-corrected chi connectivity index (χ4v) is 2.15. The van der Waals surface area contributed by atoms with Gasteiger partial charge in [-0.25, -0.2) is 0 Å². The van der Waals surface area contributed by atoms with Crippen LogP contribution in [-0.2, 0) is 6.18 Å². The van der Waals surface area contributed by atoms with Crippen molar-refractivity contribution in [1.29, 1.82) is 0 Å². The zero-order valence-electron chi connectivity index (χ0n) is 10.1. The highest BCUT2D eigenvalue weighted by Gasteiger charge is 2.38. The number of rotatable bonds is 2. The van der Waals surface area contributed by atoms with E-state index >= 15 is 0 Å². The second-order valence-corrected chi connectivity index (χ2v) is 4.70. The summed E-state index contributed by atoms with van der Waals surface area (Å²) in [6, 6.07) is 5.38. The fourth-order valence-electron chi connectivity index (χ4n) is 1.77. The van der Waals surface area contributed by atoms with Gasteiger partial charge in [0, 0.05) is 16.8 Å². The van der Waals surface area contributed by atoms with Gasteiger partial charge >= 0.3 is 6.18 Å². The maximum Gasteiger partial charge on any atom is 0.422 e. The van der Waals surface area contributed by atoms with Gasteiger partial charge in [-0.05, 0) is 24.3 Å². The molecule has 0 atom stereocenters. The SMILES string of the molecule is COc1ccnc(-c2cc(Cl)ccc2Cl)c1C(F)(F)F. The molecule has 0 unspecified atom stereocenters. The van der Waals surface area contributed by atoms with E-state index in [4.69, 9.17) is 27.9 Å². The first-order valence-corrected chi connectivity index (χ1v) is 6.16. The minimum absolute atomic E-state index is 0.102. The molecule has 2 nitrogen and oxygen atoms in total. The summed E-state index contributed by atoms with van der Waals surface area (Å²) in [6.45, 7) is 0. The Bertz CT molecular complexity index is 644. The number of hydrogen-bond donors (Lipinski definition) is 0. The highest BCUT2D eigenvalue weighted by molar-refractivity contribution is 6.35. The van der Waals surface area contributed by atoms with Crippen LogP contribution < -0.4 is 4.74 Å². The quantitative estimate of drug-likeness (QED) is 0.769. The molecule has 0 bridgehead atoms. The highest BCUT2D eigenvalue weighted by atomic mass is 35.5. The Hall–Kier alpha value is -1.46. The molecule has 0 aliphatic carbocycles. The molecule has 0 fully saturated rings. The molecular formula is C13H8Cl2F3NO. The molecule has 2 aromatic rings. The van der Waals surface area contributed by atoms with Gasteiger partial charge in [0.15, 0.2) is 0 Å². The summed E-state index contributed by atoms with van der Waals surface area (Å²) >= 11 is 11.7. The van der Waals surface area contributed by atoms with Crippen LogP contribution >= 0.6 is 23.2 Å².